The number of hydrogen-bond acceptors (Lipinski definition) is 2. The van der Waals surface area contributed by atoms with Gasteiger partial charge in [-0.25, -0.2) is 8.78 Å². The fourth-order valence-electron chi connectivity index (χ4n) is 2.75. The minimum absolute atomic E-state index is 0.0846. The van der Waals surface area contributed by atoms with Crippen molar-refractivity contribution in [2.75, 3.05) is 0 Å². The molecule has 0 amide bonds. The van der Waals surface area contributed by atoms with Crippen molar-refractivity contribution in [3.8, 4) is 0 Å². The van der Waals surface area contributed by atoms with E-state index in [1.807, 2.05) is 30.3 Å². The highest BCUT2D eigenvalue weighted by Crippen LogP contribution is 2.25. The molecule has 2 unspecified atom stereocenters. The largest absolute Gasteiger partial charge is 0.271 e. The monoisotopic (exact) mass is 290 g/mol. The number of nitrogens with two attached hydrogens (primary N) is 1. The average molecular weight is 290 g/mol. The number of halogens is 2. The lowest BCUT2D eigenvalue weighted by Crippen LogP contribution is -2.41. The van der Waals surface area contributed by atoms with Gasteiger partial charge in [0.2, 0.25) is 0 Å². The molecule has 0 aliphatic carbocycles. The maximum absolute atomic E-state index is 13.3. The van der Waals surface area contributed by atoms with Crippen LogP contribution in [0.3, 0.4) is 0 Å². The maximum atomic E-state index is 13.3. The molecule has 0 radical (unpaired) electrons. The van der Waals surface area contributed by atoms with E-state index in [4.69, 9.17) is 5.84 Å². The molecule has 0 saturated carbocycles. The van der Waals surface area contributed by atoms with E-state index in [9.17, 15) is 8.78 Å². The van der Waals surface area contributed by atoms with Gasteiger partial charge in [0.1, 0.15) is 11.6 Å². The second-order valence-electron chi connectivity index (χ2n) is 5.18. The molecule has 0 heterocycles. The van der Waals surface area contributed by atoms with Crippen molar-refractivity contribution >= 4 is 0 Å². The van der Waals surface area contributed by atoms with E-state index in [1.54, 1.807) is 0 Å². The molecule has 3 N–H and O–H groups in total. The molecule has 0 saturated heterocycles. The maximum Gasteiger partial charge on any atom is 0.126 e. The summed E-state index contributed by atoms with van der Waals surface area (Å²) >= 11 is 0. The van der Waals surface area contributed by atoms with Crippen molar-refractivity contribution in [1.29, 1.82) is 0 Å². The summed E-state index contributed by atoms with van der Waals surface area (Å²) in [5.41, 5.74) is 4.56. The van der Waals surface area contributed by atoms with Crippen LogP contribution in [-0.4, -0.2) is 6.04 Å². The molecule has 0 aliphatic heterocycles. The van der Waals surface area contributed by atoms with Crippen LogP contribution in [0.2, 0.25) is 0 Å². The zero-order valence-corrected chi connectivity index (χ0v) is 12.0. The summed E-state index contributed by atoms with van der Waals surface area (Å²) in [5, 5.41) is 0. The van der Waals surface area contributed by atoms with Crippen LogP contribution in [0.5, 0.6) is 0 Å². The van der Waals surface area contributed by atoms with Crippen LogP contribution in [0.4, 0.5) is 8.78 Å². The van der Waals surface area contributed by atoms with Crippen molar-refractivity contribution in [3.05, 3.63) is 71.3 Å². The van der Waals surface area contributed by atoms with Crippen LogP contribution in [0.25, 0.3) is 0 Å². The highest BCUT2D eigenvalue weighted by molar-refractivity contribution is 5.24. The van der Waals surface area contributed by atoms with Crippen LogP contribution in [0, 0.1) is 11.6 Å². The van der Waals surface area contributed by atoms with E-state index in [1.165, 1.54) is 17.7 Å². The third-order valence-corrected chi connectivity index (χ3v) is 3.75. The summed E-state index contributed by atoms with van der Waals surface area (Å²) in [4.78, 5) is 0. The molecule has 2 nitrogen and oxygen atoms in total. The summed E-state index contributed by atoms with van der Waals surface area (Å²) in [6, 6.07) is 13.5. The van der Waals surface area contributed by atoms with Gasteiger partial charge in [-0.2, -0.15) is 0 Å². The van der Waals surface area contributed by atoms with Crippen LogP contribution >= 0.6 is 0 Å². The third-order valence-electron chi connectivity index (χ3n) is 3.75. The molecule has 0 fully saturated rings. The minimum atomic E-state index is -0.562. The normalized spacial score (nSPS) is 13.9. The first-order chi connectivity index (χ1) is 10.1. The van der Waals surface area contributed by atoms with Gasteiger partial charge in [0.25, 0.3) is 0 Å². The van der Waals surface area contributed by atoms with Crippen molar-refractivity contribution < 1.29 is 8.78 Å². The van der Waals surface area contributed by atoms with Crippen LogP contribution in [0.15, 0.2) is 48.5 Å². The number of rotatable bonds is 6. The van der Waals surface area contributed by atoms with Gasteiger partial charge in [0, 0.05) is 18.0 Å². The predicted octanol–water partition coefficient (Wildman–Crippen LogP) is 3.53. The van der Waals surface area contributed by atoms with E-state index in [2.05, 4.69) is 12.3 Å². The molecule has 0 aromatic heterocycles. The Bertz CT molecular complexity index is 552. The van der Waals surface area contributed by atoms with Gasteiger partial charge in [0.15, 0.2) is 0 Å². The Morgan fingerprint density at radius 1 is 1.05 bits per heavy atom. The van der Waals surface area contributed by atoms with E-state index in [0.717, 1.165) is 12.5 Å². The topological polar surface area (TPSA) is 38.0 Å². The van der Waals surface area contributed by atoms with Crippen molar-refractivity contribution in [1.82, 2.24) is 5.43 Å². The first kappa shape index (κ1) is 15.6. The highest BCUT2D eigenvalue weighted by Gasteiger charge is 2.21. The summed E-state index contributed by atoms with van der Waals surface area (Å²) in [5.74, 6) is 4.73. The van der Waals surface area contributed by atoms with Crippen molar-refractivity contribution in [2.24, 2.45) is 5.84 Å². The Hall–Kier alpha value is -1.78. The Morgan fingerprint density at radius 2 is 1.67 bits per heavy atom. The zero-order valence-electron chi connectivity index (χ0n) is 12.0. The minimum Gasteiger partial charge on any atom is -0.271 e. The van der Waals surface area contributed by atoms with Crippen LogP contribution < -0.4 is 11.3 Å². The third kappa shape index (κ3) is 4.09. The fourth-order valence-corrected chi connectivity index (χ4v) is 2.75. The lowest BCUT2D eigenvalue weighted by molar-refractivity contribution is 0.426. The lowest BCUT2D eigenvalue weighted by Gasteiger charge is -2.26. The fraction of sp³-hybridized carbons (Fsp3) is 0.294. The molecule has 4 heteroatoms. The first-order valence-corrected chi connectivity index (χ1v) is 7.10. The van der Waals surface area contributed by atoms with E-state index in [0.29, 0.717) is 12.0 Å². The van der Waals surface area contributed by atoms with Crippen LogP contribution in [0.1, 0.15) is 30.4 Å². The quantitative estimate of drug-likeness (QED) is 0.631. The highest BCUT2D eigenvalue weighted by atomic mass is 19.1. The molecular weight excluding hydrogens is 270 g/mol. The number of hydrogen-bond donors (Lipinski definition) is 2. The Labute approximate surface area is 124 Å². The van der Waals surface area contributed by atoms with Crippen molar-refractivity contribution in [2.45, 2.75) is 31.7 Å². The van der Waals surface area contributed by atoms with Crippen molar-refractivity contribution in [3.63, 3.8) is 0 Å². The summed E-state index contributed by atoms with van der Waals surface area (Å²) < 4.78 is 26.6. The summed E-state index contributed by atoms with van der Waals surface area (Å²) in [6.07, 6.45) is 1.36. The predicted molar refractivity (Wildman–Crippen MR) is 80.6 cm³/mol. The van der Waals surface area contributed by atoms with E-state index in [-0.39, 0.29) is 12.0 Å². The molecule has 0 bridgehead atoms. The Kier molecular flexibility index (Phi) is 5.42. The number of nitrogens with one attached hydrogen (secondary N) is 1. The molecule has 2 aromatic rings. The van der Waals surface area contributed by atoms with Gasteiger partial charge in [-0.1, -0.05) is 37.3 Å². The summed E-state index contributed by atoms with van der Waals surface area (Å²) in [6.45, 7) is 2.08. The second-order valence-corrected chi connectivity index (χ2v) is 5.18. The summed E-state index contributed by atoms with van der Waals surface area (Å²) in [7, 11) is 0. The SMILES string of the molecule is CCC(c1ccccc1)C(Cc1cc(F)cc(F)c1)NN. The average Bonchev–Trinajstić information content (AvgIpc) is 2.47. The van der Waals surface area contributed by atoms with Gasteiger partial charge in [-0.3, -0.25) is 11.3 Å². The standard InChI is InChI=1S/C17H20F2N2/c1-2-16(13-6-4-3-5-7-13)17(21-20)10-12-8-14(18)11-15(19)9-12/h3-9,11,16-17,21H,2,10,20H2,1H3. The first-order valence-electron chi connectivity index (χ1n) is 7.10. The van der Waals surface area contributed by atoms with Crippen LogP contribution in [-0.2, 0) is 6.42 Å². The van der Waals surface area contributed by atoms with E-state index >= 15 is 0 Å². The van der Waals surface area contributed by atoms with Gasteiger partial charge in [-0.05, 0) is 36.1 Å². The number of benzene rings is 2. The molecule has 112 valence electrons. The van der Waals surface area contributed by atoms with E-state index < -0.39 is 11.6 Å². The molecule has 2 aromatic carbocycles. The molecular formula is C17H20F2N2. The van der Waals surface area contributed by atoms with Gasteiger partial charge in [0.05, 0.1) is 0 Å². The Morgan fingerprint density at radius 3 is 2.19 bits per heavy atom. The molecule has 21 heavy (non-hydrogen) atoms. The van der Waals surface area contributed by atoms with Gasteiger partial charge >= 0.3 is 0 Å². The van der Waals surface area contributed by atoms with Gasteiger partial charge in [-0.15, -0.1) is 0 Å². The number of hydrazine groups is 1. The Balaban J connectivity index is 2.21. The molecule has 0 spiro atoms. The smallest absolute Gasteiger partial charge is 0.126 e. The van der Waals surface area contributed by atoms with Gasteiger partial charge < -0.3 is 0 Å². The molecule has 2 atom stereocenters. The lowest BCUT2D eigenvalue weighted by atomic mass is 9.86. The zero-order chi connectivity index (χ0) is 15.2. The second kappa shape index (κ2) is 7.29. The molecule has 2 rings (SSSR count). The molecule has 0 aliphatic rings.